The monoisotopic (exact) mass is 555 g/mol. The summed E-state index contributed by atoms with van der Waals surface area (Å²) in [5, 5.41) is 6.84. The van der Waals surface area contributed by atoms with Gasteiger partial charge in [0.2, 0.25) is 11.8 Å². The minimum Gasteiger partial charge on any atom is -0.489 e. The SMILES string of the molecule is CNC1(c2ccc3cc(CN4CC[C@H](Oc5ccc6c(c5)CN(C5CCC(=O)NC5=O)C6=O)C4)ccc3n2)COC1. The van der Waals surface area contributed by atoms with Gasteiger partial charge in [-0.05, 0) is 67.4 Å². The second kappa shape index (κ2) is 10.2. The average Bonchev–Trinajstić information content (AvgIpc) is 3.51. The lowest BCUT2D eigenvalue weighted by Crippen LogP contribution is -2.56. The Hall–Kier alpha value is -3.86. The molecule has 212 valence electrons. The van der Waals surface area contributed by atoms with E-state index in [-0.39, 0.29) is 29.9 Å². The second-order valence-corrected chi connectivity index (χ2v) is 11.5. The summed E-state index contributed by atoms with van der Waals surface area (Å²) < 4.78 is 11.8. The smallest absolute Gasteiger partial charge is 0.255 e. The van der Waals surface area contributed by atoms with E-state index in [1.54, 1.807) is 11.0 Å². The van der Waals surface area contributed by atoms with Gasteiger partial charge in [0.25, 0.3) is 5.91 Å². The molecule has 3 amide bonds. The molecular formula is C31H33N5O5. The van der Waals surface area contributed by atoms with Crippen LogP contribution in [0.15, 0.2) is 48.5 Å². The molecule has 2 aromatic carbocycles. The number of nitrogens with one attached hydrogen (secondary N) is 2. The number of rotatable bonds is 7. The number of hydrogen-bond acceptors (Lipinski definition) is 8. The van der Waals surface area contributed by atoms with Gasteiger partial charge in [-0.15, -0.1) is 0 Å². The Morgan fingerprint density at radius 2 is 1.98 bits per heavy atom. The highest BCUT2D eigenvalue weighted by atomic mass is 16.5. The Labute approximate surface area is 238 Å². The van der Waals surface area contributed by atoms with Crippen LogP contribution in [0.1, 0.15) is 46.4 Å². The fourth-order valence-corrected chi connectivity index (χ4v) is 6.38. The molecule has 0 spiro atoms. The molecule has 7 rings (SSSR count). The number of nitrogens with zero attached hydrogens (tertiary/aromatic N) is 3. The predicted octanol–water partition coefficient (Wildman–Crippen LogP) is 2.09. The molecular weight excluding hydrogens is 522 g/mol. The zero-order chi connectivity index (χ0) is 28.1. The maximum absolute atomic E-state index is 13.0. The van der Waals surface area contributed by atoms with Gasteiger partial charge in [-0.2, -0.15) is 0 Å². The van der Waals surface area contributed by atoms with E-state index >= 15 is 0 Å². The third-order valence-electron chi connectivity index (χ3n) is 8.85. The second-order valence-electron chi connectivity index (χ2n) is 11.5. The molecule has 3 aromatic rings. The van der Waals surface area contributed by atoms with E-state index in [9.17, 15) is 14.4 Å². The summed E-state index contributed by atoms with van der Waals surface area (Å²) in [6.45, 7) is 4.23. The molecule has 0 radical (unpaired) electrons. The van der Waals surface area contributed by atoms with E-state index in [1.807, 2.05) is 19.2 Å². The van der Waals surface area contributed by atoms with Crippen molar-refractivity contribution in [3.05, 3.63) is 70.9 Å². The van der Waals surface area contributed by atoms with Crippen molar-refractivity contribution in [3.63, 3.8) is 0 Å². The Morgan fingerprint density at radius 1 is 1.10 bits per heavy atom. The van der Waals surface area contributed by atoms with Gasteiger partial charge in [-0.1, -0.05) is 12.1 Å². The van der Waals surface area contributed by atoms with Crippen molar-refractivity contribution in [3.8, 4) is 5.75 Å². The first-order valence-corrected chi connectivity index (χ1v) is 14.2. The van der Waals surface area contributed by atoms with Crippen LogP contribution in [-0.4, -0.2) is 78.0 Å². The topological polar surface area (TPSA) is 113 Å². The van der Waals surface area contributed by atoms with E-state index in [4.69, 9.17) is 14.5 Å². The number of likely N-dealkylation sites (N-methyl/N-ethyl adjacent to an activating group) is 1. The Bertz CT molecular complexity index is 1550. The van der Waals surface area contributed by atoms with Crippen LogP contribution >= 0.6 is 0 Å². The number of ether oxygens (including phenoxy) is 2. The lowest BCUT2D eigenvalue weighted by atomic mass is 9.92. The van der Waals surface area contributed by atoms with Gasteiger partial charge in [0.15, 0.2) is 0 Å². The Balaban J connectivity index is 0.970. The zero-order valence-corrected chi connectivity index (χ0v) is 23.0. The van der Waals surface area contributed by atoms with Crippen LogP contribution < -0.4 is 15.4 Å². The van der Waals surface area contributed by atoms with Gasteiger partial charge in [0, 0.05) is 43.5 Å². The minimum absolute atomic E-state index is 0.0588. The summed E-state index contributed by atoms with van der Waals surface area (Å²) in [5.74, 6) is -0.125. The van der Waals surface area contributed by atoms with Crippen LogP contribution in [0.25, 0.3) is 10.9 Å². The molecule has 10 nitrogen and oxygen atoms in total. The molecule has 41 heavy (non-hydrogen) atoms. The summed E-state index contributed by atoms with van der Waals surface area (Å²) in [6, 6.07) is 15.6. The maximum atomic E-state index is 13.0. The van der Waals surface area contributed by atoms with Crippen molar-refractivity contribution in [1.29, 1.82) is 0 Å². The van der Waals surface area contributed by atoms with Crippen LogP contribution in [0.4, 0.5) is 0 Å². The fourth-order valence-electron chi connectivity index (χ4n) is 6.38. The zero-order valence-electron chi connectivity index (χ0n) is 23.0. The molecule has 1 unspecified atom stereocenters. The van der Waals surface area contributed by atoms with Crippen LogP contribution in [-0.2, 0) is 33.0 Å². The van der Waals surface area contributed by atoms with E-state index in [1.165, 1.54) is 5.56 Å². The summed E-state index contributed by atoms with van der Waals surface area (Å²) in [5.41, 5.74) is 4.51. The molecule has 0 aliphatic carbocycles. The number of benzene rings is 2. The van der Waals surface area contributed by atoms with Crippen LogP contribution in [0.5, 0.6) is 5.75 Å². The van der Waals surface area contributed by atoms with Gasteiger partial charge in [-0.25, -0.2) is 0 Å². The fraction of sp³-hybridized carbons (Fsp3) is 0.419. The quantitative estimate of drug-likeness (QED) is 0.427. The number of hydrogen-bond donors (Lipinski definition) is 2. The molecule has 2 atom stereocenters. The van der Waals surface area contributed by atoms with E-state index in [0.29, 0.717) is 31.7 Å². The highest BCUT2D eigenvalue weighted by Crippen LogP contribution is 2.32. The molecule has 4 aliphatic rings. The van der Waals surface area contributed by atoms with E-state index in [2.05, 4.69) is 45.9 Å². The normalized spacial score (nSPS) is 23.9. The summed E-state index contributed by atoms with van der Waals surface area (Å²) in [7, 11) is 1.95. The maximum Gasteiger partial charge on any atom is 0.255 e. The highest BCUT2D eigenvalue weighted by molar-refractivity contribution is 6.05. The van der Waals surface area contributed by atoms with Gasteiger partial charge in [0.05, 0.1) is 24.4 Å². The van der Waals surface area contributed by atoms with Crippen molar-refractivity contribution >= 4 is 28.6 Å². The van der Waals surface area contributed by atoms with Gasteiger partial charge in [-0.3, -0.25) is 29.6 Å². The molecule has 2 N–H and O–H groups in total. The van der Waals surface area contributed by atoms with Crippen LogP contribution in [0, 0.1) is 0 Å². The van der Waals surface area contributed by atoms with Crippen molar-refractivity contribution < 1.29 is 23.9 Å². The number of likely N-dealkylation sites (tertiary alicyclic amines) is 1. The lowest BCUT2D eigenvalue weighted by molar-refractivity contribution is -0.136. The number of piperidine rings is 1. The first-order valence-electron chi connectivity index (χ1n) is 14.2. The van der Waals surface area contributed by atoms with Crippen LogP contribution in [0.3, 0.4) is 0 Å². The molecule has 4 aliphatic heterocycles. The predicted molar refractivity (Wildman–Crippen MR) is 150 cm³/mol. The first-order chi connectivity index (χ1) is 19.9. The number of imide groups is 1. The number of carbonyl (C=O) groups excluding carboxylic acids is 3. The minimum atomic E-state index is -0.615. The van der Waals surface area contributed by atoms with Crippen LogP contribution in [0.2, 0.25) is 0 Å². The standard InChI is InChI=1S/C31H33N5O5/c1-32-31(17-40-18-31)27-8-3-20-12-19(2-6-25(20)33-27)14-35-11-10-23(16-35)41-22-4-5-24-21(13-22)15-36(30(24)39)26-7-9-28(37)34-29(26)38/h2-6,8,12-13,23,26,32H,7,9-11,14-18H2,1H3,(H,34,37,38)/t23-,26?/m0/s1. The van der Waals surface area contributed by atoms with E-state index in [0.717, 1.165) is 54.0 Å². The van der Waals surface area contributed by atoms with E-state index < -0.39 is 11.9 Å². The number of carbonyl (C=O) groups is 3. The van der Waals surface area contributed by atoms with Crippen molar-refractivity contribution in [2.75, 3.05) is 33.4 Å². The largest absolute Gasteiger partial charge is 0.489 e. The van der Waals surface area contributed by atoms with Gasteiger partial charge < -0.3 is 19.7 Å². The number of pyridine rings is 1. The van der Waals surface area contributed by atoms with Crippen molar-refractivity contribution in [2.45, 2.75) is 50.0 Å². The third kappa shape index (κ3) is 4.75. The third-order valence-corrected chi connectivity index (χ3v) is 8.85. The highest BCUT2D eigenvalue weighted by Gasteiger charge is 2.41. The summed E-state index contributed by atoms with van der Waals surface area (Å²) in [6.07, 6.45) is 1.58. The number of amides is 3. The van der Waals surface area contributed by atoms with Gasteiger partial charge >= 0.3 is 0 Å². The molecule has 1 aromatic heterocycles. The average molecular weight is 556 g/mol. The Morgan fingerprint density at radius 3 is 2.76 bits per heavy atom. The number of aromatic nitrogens is 1. The first kappa shape index (κ1) is 26.1. The Kier molecular flexibility index (Phi) is 6.49. The van der Waals surface area contributed by atoms with Crippen molar-refractivity contribution in [1.82, 2.24) is 25.4 Å². The molecule has 3 fully saturated rings. The van der Waals surface area contributed by atoms with Gasteiger partial charge in [0.1, 0.15) is 23.4 Å². The lowest BCUT2D eigenvalue weighted by Gasteiger charge is -2.40. The molecule has 0 bridgehead atoms. The number of fused-ring (bicyclic) bond motifs is 2. The van der Waals surface area contributed by atoms with Crippen molar-refractivity contribution in [2.24, 2.45) is 0 Å². The molecule has 5 heterocycles. The summed E-state index contributed by atoms with van der Waals surface area (Å²) >= 11 is 0. The molecule has 10 heteroatoms. The molecule has 3 saturated heterocycles. The molecule has 0 saturated carbocycles. The summed E-state index contributed by atoms with van der Waals surface area (Å²) in [4.78, 5) is 45.7.